The third-order valence-electron chi connectivity index (χ3n) is 1.84. The summed E-state index contributed by atoms with van der Waals surface area (Å²) in [7, 11) is 0. The number of Topliss-reactive ketones (excluding diaryl/α,β-unsaturated/α-hetero) is 1. The summed E-state index contributed by atoms with van der Waals surface area (Å²) < 4.78 is 4.39. The molecule has 0 saturated carbocycles. The van der Waals surface area contributed by atoms with Gasteiger partial charge in [-0.1, -0.05) is 0 Å². The Kier molecular flexibility index (Phi) is 1.49. The van der Waals surface area contributed by atoms with E-state index in [2.05, 4.69) is 4.74 Å². The number of carbonyl (C=O) groups is 1. The molecule has 0 fully saturated rings. The SMILES string of the molecule is O=C1c2cc(O)cc(O)c2OC1(O)O. The van der Waals surface area contributed by atoms with Gasteiger partial charge >= 0.3 is 5.97 Å². The second kappa shape index (κ2) is 2.37. The minimum atomic E-state index is -2.96. The van der Waals surface area contributed by atoms with Gasteiger partial charge in [-0.2, -0.15) is 0 Å². The van der Waals surface area contributed by atoms with Crippen molar-refractivity contribution in [1.82, 2.24) is 0 Å². The van der Waals surface area contributed by atoms with Gasteiger partial charge in [-0.25, -0.2) is 0 Å². The van der Waals surface area contributed by atoms with Gasteiger partial charge in [0.1, 0.15) is 5.75 Å². The fraction of sp³-hybridized carbons (Fsp3) is 0.125. The van der Waals surface area contributed by atoms with Crippen molar-refractivity contribution >= 4 is 5.78 Å². The van der Waals surface area contributed by atoms with E-state index >= 15 is 0 Å². The van der Waals surface area contributed by atoms with Crippen molar-refractivity contribution in [3.8, 4) is 17.2 Å². The fourth-order valence-corrected chi connectivity index (χ4v) is 1.24. The lowest BCUT2D eigenvalue weighted by Gasteiger charge is -2.11. The van der Waals surface area contributed by atoms with E-state index in [0.29, 0.717) is 0 Å². The molecule has 14 heavy (non-hydrogen) atoms. The highest BCUT2D eigenvalue weighted by atomic mass is 16.8. The van der Waals surface area contributed by atoms with Crippen LogP contribution in [0.15, 0.2) is 12.1 Å². The molecule has 74 valence electrons. The zero-order chi connectivity index (χ0) is 10.5. The summed E-state index contributed by atoms with van der Waals surface area (Å²) in [6.45, 7) is 0. The molecule has 2 rings (SSSR count). The van der Waals surface area contributed by atoms with E-state index in [9.17, 15) is 9.90 Å². The standard InChI is InChI=1S/C8H6O6/c9-3-1-4-6(5(10)2-3)14-8(12,13)7(4)11/h1-2,9-10,12-13H. The van der Waals surface area contributed by atoms with Crippen LogP contribution in [-0.4, -0.2) is 32.2 Å². The summed E-state index contributed by atoms with van der Waals surface area (Å²) in [6.07, 6.45) is 0. The molecule has 0 radical (unpaired) electrons. The van der Waals surface area contributed by atoms with Gasteiger partial charge in [-0.3, -0.25) is 4.79 Å². The molecule has 1 aromatic rings. The smallest absolute Gasteiger partial charge is 0.391 e. The number of benzene rings is 1. The van der Waals surface area contributed by atoms with E-state index in [0.717, 1.165) is 12.1 Å². The summed E-state index contributed by atoms with van der Waals surface area (Å²) in [6, 6.07) is 1.90. The molecule has 0 bridgehead atoms. The highest BCUT2D eigenvalue weighted by Gasteiger charge is 2.47. The quantitative estimate of drug-likeness (QED) is 0.411. The van der Waals surface area contributed by atoms with Crippen molar-refractivity contribution in [3.05, 3.63) is 17.7 Å². The van der Waals surface area contributed by atoms with Gasteiger partial charge in [0, 0.05) is 6.07 Å². The van der Waals surface area contributed by atoms with E-state index < -0.39 is 17.5 Å². The Morgan fingerprint density at radius 2 is 1.86 bits per heavy atom. The first-order chi connectivity index (χ1) is 6.42. The van der Waals surface area contributed by atoms with Crippen LogP contribution in [0.3, 0.4) is 0 Å². The van der Waals surface area contributed by atoms with Crippen LogP contribution in [0.1, 0.15) is 10.4 Å². The van der Waals surface area contributed by atoms with E-state index in [1.54, 1.807) is 0 Å². The Morgan fingerprint density at radius 3 is 2.50 bits per heavy atom. The second-order valence-corrected chi connectivity index (χ2v) is 2.88. The molecule has 0 spiro atoms. The Hall–Kier alpha value is -1.79. The Labute approximate surface area is 77.6 Å². The number of hydrogen-bond acceptors (Lipinski definition) is 6. The normalized spacial score (nSPS) is 17.7. The lowest BCUT2D eigenvalue weighted by molar-refractivity contribution is -0.241. The Balaban J connectivity index is 2.65. The van der Waals surface area contributed by atoms with Gasteiger partial charge in [-0.05, 0) is 6.07 Å². The van der Waals surface area contributed by atoms with Crippen LogP contribution in [0.25, 0.3) is 0 Å². The first-order valence-corrected chi connectivity index (χ1v) is 3.66. The Bertz CT molecular complexity index is 422. The van der Waals surface area contributed by atoms with E-state index in [1.807, 2.05) is 0 Å². The molecule has 1 aromatic carbocycles. The van der Waals surface area contributed by atoms with Gasteiger partial charge in [0.25, 0.3) is 5.78 Å². The molecule has 0 aliphatic carbocycles. The maximum atomic E-state index is 11.2. The first-order valence-electron chi connectivity index (χ1n) is 3.66. The maximum absolute atomic E-state index is 11.2. The predicted molar refractivity (Wildman–Crippen MR) is 41.9 cm³/mol. The number of ketones is 1. The summed E-state index contributed by atoms with van der Waals surface area (Å²) in [5, 5.41) is 36.2. The van der Waals surface area contributed by atoms with Crippen LogP contribution in [0, 0.1) is 0 Å². The molecule has 0 atom stereocenters. The lowest BCUT2D eigenvalue weighted by atomic mass is 10.1. The monoisotopic (exact) mass is 198 g/mol. The molecule has 0 aromatic heterocycles. The number of phenolic OH excluding ortho intramolecular Hbond substituents is 2. The lowest BCUT2D eigenvalue weighted by Crippen LogP contribution is -2.39. The number of fused-ring (bicyclic) bond motifs is 1. The number of carbonyl (C=O) groups excluding carboxylic acids is 1. The van der Waals surface area contributed by atoms with Crippen LogP contribution >= 0.6 is 0 Å². The number of phenols is 2. The number of aliphatic hydroxyl groups is 2. The summed E-state index contributed by atoms with van der Waals surface area (Å²) >= 11 is 0. The predicted octanol–water partition coefficient (Wildman–Crippen LogP) is -0.689. The molecule has 0 saturated heterocycles. The highest BCUT2D eigenvalue weighted by molar-refractivity contribution is 6.06. The Morgan fingerprint density at radius 1 is 1.21 bits per heavy atom. The summed E-state index contributed by atoms with van der Waals surface area (Å²) in [5.41, 5.74) is -0.271. The molecule has 6 heteroatoms. The molecule has 1 aliphatic rings. The van der Waals surface area contributed by atoms with Crippen LogP contribution < -0.4 is 4.74 Å². The molecular weight excluding hydrogens is 192 g/mol. The zero-order valence-electron chi connectivity index (χ0n) is 6.76. The minimum absolute atomic E-state index is 0.271. The van der Waals surface area contributed by atoms with Crippen molar-refractivity contribution in [1.29, 1.82) is 0 Å². The van der Waals surface area contributed by atoms with Crippen LogP contribution in [0.2, 0.25) is 0 Å². The molecule has 4 N–H and O–H groups in total. The van der Waals surface area contributed by atoms with Crippen LogP contribution in [-0.2, 0) is 0 Å². The minimum Gasteiger partial charge on any atom is -0.508 e. The number of ether oxygens (including phenoxy) is 1. The highest BCUT2D eigenvalue weighted by Crippen LogP contribution is 2.41. The average molecular weight is 198 g/mol. The summed E-state index contributed by atoms with van der Waals surface area (Å²) in [4.78, 5) is 11.2. The van der Waals surface area contributed by atoms with Gasteiger partial charge in [0.05, 0.1) is 5.56 Å². The van der Waals surface area contributed by atoms with Gasteiger partial charge in [0.15, 0.2) is 11.5 Å². The molecule has 1 aliphatic heterocycles. The maximum Gasteiger partial charge on any atom is 0.391 e. The summed E-state index contributed by atoms with van der Waals surface area (Å²) in [5.74, 6) is -5.33. The van der Waals surface area contributed by atoms with Crippen molar-refractivity contribution in [3.63, 3.8) is 0 Å². The van der Waals surface area contributed by atoms with Crippen LogP contribution in [0.5, 0.6) is 17.2 Å². The number of hydrogen-bond donors (Lipinski definition) is 4. The van der Waals surface area contributed by atoms with Crippen molar-refractivity contribution in [2.75, 3.05) is 0 Å². The second-order valence-electron chi connectivity index (χ2n) is 2.88. The molecule has 1 heterocycles. The largest absolute Gasteiger partial charge is 0.508 e. The van der Waals surface area contributed by atoms with E-state index in [1.165, 1.54) is 0 Å². The molecule has 0 unspecified atom stereocenters. The van der Waals surface area contributed by atoms with E-state index in [4.69, 9.17) is 15.3 Å². The average Bonchev–Trinajstić information content (AvgIpc) is 2.28. The van der Waals surface area contributed by atoms with E-state index in [-0.39, 0.29) is 17.1 Å². The van der Waals surface area contributed by atoms with Crippen molar-refractivity contribution < 1.29 is 30.0 Å². The van der Waals surface area contributed by atoms with Crippen molar-refractivity contribution in [2.24, 2.45) is 0 Å². The molecular formula is C8H6O6. The number of aromatic hydroxyl groups is 2. The molecule has 0 amide bonds. The van der Waals surface area contributed by atoms with Gasteiger partial charge in [-0.15, -0.1) is 0 Å². The third-order valence-corrected chi connectivity index (χ3v) is 1.84. The van der Waals surface area contributed by atoms with Crippen LogP contribution in [0.4, 0.5) is 0 Å². The topological polar surface area (TPSA) is 107 Å². The van der Waals surface area contributed by atoms with Crippen molar-refractivity contribution in [2.45, 2.75) is 5.97 Å². The third kappa shape index (κ3) is 1.02. The van der Waals surface area contributed by atoms with Gasteiger partial charge < -0.3 is 25.2 Å². The number of rotatable bonds is 0. The van der Waals surface area contributed by atoms with Gasteiger partial charge in [0.2, 0.25) is 0 Å². The fourth-order valence-electron chi connectivity index (χ4n) is 1.24. The zero-order valence-corrected chi connectivity index (χ0v) is 6.76. The molecule has 6 nitrogen and oxygen atoms in total. The first kappa shape index (κ1) is 8.79.